The summed E-state index contributed by atoms with van der Waals surface area (Å²) in [5, 5.41) is 0. The molecule has 7 heteroatoms. The van der Waals surface area contributed by atoms with E-state index in [0.29, 0.717) is 18.7 Å². The molecular weight excluding hydrogens is 364 g/mol. The van der Waals surface area contributed by atoms with E-state index in [1.807, 2.05) is 24.3 Å². The van der Waals surface area contributed by atoms with Gasteiger partial charge >= 0.3 is 0 Å². The van der Waals surface area contributed by atoms with Crippen LogP contribution in [0.5, 0.6) is 5.75 Å². The average molecular weight is 388 g/mol. The Morgan fingerprint density at radius 1 is 1.11 bits per heavy atom. The minimum Gasteiger partial charge on any atom is -0.490 e. The second-order valence-electron chi connectivity index (χ2n) is 6.22. The summed E-state index contributed by atoms with van der Waals surface area (Å²) in [6, 6.07) is 13.5. The quantitative estimate of drug-likeness (QED) is 0.652. The maximum absolute atomic E-state index is 12.7. The molecule has 0 spiro atoms. The van der Waals surface area contributed by atoms with Crippen LogP contribution in [0.15, 0.2) is 66.1 Å². The molecule has 0 heterocycles. The molecule has 2 aromatic rings. The molecule has 2 aromatic carbocycles. The Morgan fingerprint density at radius 3 is 2.37 bits per heavy atom. The van der Waals surface area contributed by atoms with E-state index in [9.17, 15) is 13.2 Å². The van der Waals surface area contributed by atoms with Gasteiger partial charge in [-0.3, -0.25) is 4.79 Å². The Balaban J connectivity index is 2.12. The molecule has 0 aliphatic rings. The van der Waals surface area contributed by atoms with E-state index in [0.717, 1.165) is 15.6 Å². The normalized spacial score (nSPS) is 11.3. The van der Waals surface area contributed by atoms with Crippen LogP contribution in [0.1, 0.15) is 15.9 Å². The Bertz CT molecular complexity index is 906. The van der Waals surface area contributed by atoms with Crippen LogP contribution < -0.4 is 4.74 Å². The first kappa shape index (κ1) is 20.7. The van der Waals surface area contributed by atoms with Gasteiger partial charge in [-0.05, 0) is 35.9 Å². The zero-order valence-corrected chi connectivity index (χ0v) is 16.6. The van der Waals surface area contributed by atoms with Crippen LogP contribution in [0.2, 0.25) is 0 Å². The van der Waals surface area contributed by atoms with Crippen LogP contribution in [0.3, 0.4) is 0 Å². The second-order valence-corrected chi connectivity index (χ2v) is 8.37. The van der Waals surface area contributed by atoms with Gasteiger partial charge in [-0.15, -0.1) is 0 Å². The molecule has 0 aliphatic carbocycles. The summed E-state index contributed by atoms with van der Waals surface area (Å²) >= 11 is 0. The average Bonchev–Trinajstić information content (AvgIpc) is 2.66. The third-order valence-corrected chi connectivity index (χ3v) is 5.73. The lowest BCUT2D eigenvalue weighted by atomic mass is 10.1. The molecule has 0 N–H and O–H groups in total. The second kappa shape index (κ2) is 8.83. The topological polar surface area (TPSA) is 66.9 Å². The van der Waals surface area contributed by atoms with Gasteiger partial charge in [0.1, 0.15) is 12.4 Å². The molecule has 1 amide bonds. The molecule has 0 bridgehead atoms. The van der Waals surface area contributed by atoms with E-state index in [1.54, 1.807) is 30.2 Å². The first-order valence-electron chi connectivity index (χ1n) is 8.36. The largest absolute Gasteiger partial charge is 0.490 e. The van der Waals surface area contributed by atoms with Crippen molar-refractivity contribution in [3.05, 3.63) is 72.3 Å². The van der Waals surface area contributed by atoms with Gasteiger partial charge in [0.25, 0.3) is 5.91 Å². The van der Waals surface area contributed by atoms with Gasteiger partial charge in [-0.1, -0.05) is 30.9 Å². The lowest BCUT2D eigenvalue weighted by molar-refractivity contribution is 0.0785. The van der Waals surface area contributed by atoms with Crippen LogP contribution in [-0.4, -0.2) is 51.3 Å². The van der Waals surface area contributed by atoms with Crippen molar-refractivity contribution in [3.63, 3.8) is 0 Å². The molecule has 0 atom stereocenters. The summed E-state index contributed by atoms with van der Waals surface area (Å²) in [7, 11) is 1.00. The molecular formula is C20H24N2O4S. The summed E-state index contributed by atoms with van der Waals surface area (Å²) in [5.74, 6) is 0.479. The van der Waals surface area contributed by atoms with E-state index < -0.39 is 10.0 Å². The molecule has 0 saturated carbocycles. The zero-order chi connectivity index (χ0) is 20.0. The predicted molar refractivity (Wildman–Crippen MR) is 105 cm³/mol. The molecule has 0 unspecified atom stereocenters. The minimum atomic E-state index is -3.59. The third kappa shape index (κ3) is 5.18. The zero-order valence-electron chi connectivity index (χ0n) is 15.8. The summed E-state index contributed by atoms with van der Waals surface area (Å²) in [5.41, 5.74) is 1.26. The highest BCUT2D eigenvalue weighted by Crippen LogP contribution is 2.18. The maximum Gasteiger partial charge on any atom is 0.253 e. The Labute approximate surface area is 160 Å². The van der Waals surface area contributed by atoms with E-state index in [4.69, 9.17) is 4.74 Å². The highest BCUT2D eigenvalue weighted by molar-refractivity contribution is 7.89. The van der Waals surface area contributed by atoms with E-state index in [2.05, 4.69) is 6.58 Å². The van der Waals surface area contributed by atoms with Crippen molar-refractivity contribution in [2.75, 3.05) is 27.7 Å². The maximum atomic E-state index is 12.7. The number of benzene rings is 2. The van der Waals surface area contributed by atoms with Crippen molar-refractivity contribution >= 4 is 15.9 Å². The number of rotatable bonds is 8. The molecule has 0 fully saturated rings. The van der Waals surface area contributed by atoms with Crippen molar-refractivity contribution in [2.24, 2.45) is 0 Å². The van der Waals surface area contributed by atoms with E-state index in [-0.39, 0.29) is 10.8 Å². The highest BCUT2D eigenvalue weighted by Gasteiger charge is 2.20. The fourth-order valence-electron chi connectivity index (χ4n) is 2.41. The number of amides is 1. The van der Waals surface area contributed by atoms with E-state index in [1.165, 1.54) is 26.2 Å². The van der Waals surface area contributed by atoms with E-state index >= 15 is 0 Å². The van der Waals surface area contributed by atoms with Crippen molar-refractivity contribution in [2.45, 2.75) is 11.4 Å². The highest BCUT2D eigenvalue weighted by atomic mass is 32.2. The molecule has 27 heavy (non-hydrogen) atoms. The first-order chi connectivity index (χ1) is 12.8. The van der Waals surface area contributed by atoms with Gasteiger partial charge in [0.05, 0.1) is 4.90 Å². The van der Waals surface area contributed by atoms with Gasteiger partial charge < -0.3 is 9.64 Å². The fourth-order valence-corrected chi connectivity index (χ4v) is 3.36. The molecule has 0 radical (unpaired) electrons. The van der Waals surface area contributed by atoms with Crippen molar-refractivity contribution in [1.29, 1.82) is 0 Å². The Morgan fingerprint density at radius 2 is 1.78 bits per heavy atom. The molecule has 0 saturated heterocycles. The first-order valence-corrected chi connectivity index (χ1v) is 9.80. The lowest BCUT2D eigenvalue weighted by Crippen LogP contribution is -2.27. The summed E-state index contributed by atoms with van der Waals surface area (Å²) < 4.78 is 31.1. The Kier molecular flexibility index (Phi) is 6.76. The van der Waals surface area contributed by atoms with Crippen LogP contribution in [-0.2, 0) is 16.6 Å². The molecule has 0 aliphatic heterocycles. The number of carbonyl (C=O) groups excluding carboxylic acids is 1. The SMILES string of the molecule is C=CCOc1ccc(CN(C)C(=O)c2cccc(S(=O)(=O)N(C)C)c2)cc1. The van der Waals surface area contributed by atoms with Crippen LogP contribution in [0.4, 0.5) is 0 Å². The van der Waals surface area contributed by atoms with Crippen LogP contribution in [0, 0.1) is 0 Å². The summed E-state index contributed by atoms with van der Waals surface area (Å²) in [6.45, 7) is 4.43. The summed E-state index contributed by atoms with van der Waals surface area (Å²) in [6.07, 6.45) is 1.67. The predicted octanol–water partition coefficient (Wildman–Crippen LogP) is 2.77. The lowest BCUT2D eigenvalue weighted by Gasteiger charge is -2.18. The smallest absolute Gasteiger partial charge is 0.253 e. The fraction of sp³-hybridized carbons (Fsp3) is 0.250. The number of ether oxygens (including phenoxy) is 1. The number of carbonyl (C=O) groups is 1. The number of hydrogen-bond donors (Lipinski definition) is 0. The van der Waals surface area contributed by atoms with Gasteiger partial charge in [-0.2, -0.15) is 0 Å². The Hall–Kier alpha value is -2.64. The number of hydrogen-bond acceptors (Lipinski definition) is 4. The molecule has 0 aromatic heterocycles. The third-order valence-electron chi connectivity index (χ3n) is 3.92. The number of nitrogens with zero attached hydrogens (tertiary/aromatic N) is 2. The van der Waals surface area contributed by atoms with Crippen LogP contribution in [0.25, 0.3) is 0 Å². The summed E-state index contributed by atoms with van der Waals surface area (Å²) in [4.78, 5) is 14.3. The van der Waals surface area contributed by atoms with Crippen molar-refractivity contribution in [3.8, 4) is 5.75 Å². The minimum absolute atomic E-state index is 0.0930. The van der Waals surface area contributed by atoms with Gasteiger partial charge in [-0.25, -0.2) is 12.7 Å². The molecule has 2 rings (SSSR count). The molecule has 6 nitrogen and oxygen atoms in total. The number of sulfonamides is 1. The monoisotopic (exact) mass is 388 g/mol. The van der Waals surface area contributed by atoms with Crippen LogP contribution >= 0.6 is 0 Å². The molecule has 144 valence electrons. The van der Waals surface area contributed by atoms with Gasteiger partial charge in [0.15, 0.2) is 0 Å². The standard InChI is InChI=1S/C20H24N2O4S/c1-5-13-26-18-11-9-16(10-12-18)15-22(4)20(23)17-7-6-8-19(14-17)27(24,25)21(2)3/h5-12,14H,1,13,15H2,2-4H3. The van der Waals surface area contributed by atoms with Crippen molar-refractivity contribution < 1.29 is 17.9 Å². The van der Waals surface area contributed by atoms with Crippen molar-refractivity contribution in [1.82, 2.24) is 9.21 Å². The van der Waals surface area contributed by atoms with Gasteiger partial charge in [0, 0.05) is 33.3 Å². The van der Waals surface area contributed by atoms with Gasteiger partial charge in [0.2, 0.25) is 10.0 Å².